The van der Waals surface area contributed by atoms with Crippen LogP contribution in [0, 0.1) is 0 Å². The molecule has 1 aromatic heterocycles. The van der Waals surface area contributed by atoms with Crippen molar-refractivity contribution in [1.82, 2.24) is 10.2 Å². The van der Waals surface area contributed by atoms with Crippen molar-refractivity contribution in [3.63, 3.8) is 0 Å². The van der Waals surface area contributed by atoms with Crippen molar-refractivity contribution >= 4 is 0 Å². The second-order valence-electron chi connectivity index (χ2n) is 6.85. The molecule has 2 rings (SSSR count). The van der Waals surface area contributed by atoms with Crippen LogP contribution in [0.3, 0.4) is 0 Å². The molecule has 26 heavy (non-hydrogen) atoms. The fraction of sp³-hybridized carbons (Fsp3) is 0.579. The van der Waals surface area contributed by atoms with E-state index in [2.05, 4.69) is 10.2 Å². The lowest BCUT2D eigenvalue weighted by Gasteiger charge is -2.30. The van der Waals surface area contributed by atoms with Crippen LogP contribution in [0.15, 0.2) is 28.7 Å². The molecule has 1 N–H and O–H groups in total. The lowest BCUT2D eigenvalue weighted by atomic mass is 9.88. The predicted molar refractivity (Wildman–Crippen MR) is 94.6 cm³/mol. The normalized spacial score (nSPS) is 14.4. The topological polar surface area (TPSA) is 59.2 Å². The summed E-state index contributed by atoms with van der Waals surface area (Å²) in [5.41, 5.74) is -2.87. The third-order valence-corrected chi connectivity index (χ3v) is 3.76. The Bertz CT molecular complexity index is 688. The molecule has 0 radical (unpaired) electrons. The molecule has 1 heterocycles. The number of aliphatic hydroxyl groups is 1. The minimum atomic E-state index is -4.74. The summed E-state index contributed by atoms with van der Waals surface area (Å²) in [5, 5.41) is 18.0. The minimum Gasteiger partial charge on any atom is -0.420 e. The van der Waals surface area contributed by atoms with Gasteiger partial charge in [0, 0.05) is 11.0 Å². The Morgan fingerprint density at radius 1 is 1.00 bits per heavy atom. The smallest absolute Gasteiger partial charge is 0.420 e. The molecule has 0 saturated carbocycles. The number of alkyl halides is 3. The summed E-state index contributed by atoms with van der Waals surface area (Å²) in [6.45, 7) is 11.3. The first-order valence-electron chi connectivity index (χ1n) is 8.73. The lowest BCUT2D eigenvalue weighted by Crippen LogP contribution is -2.42. The highest BCUT2D eigenvalue weighted by Crippen LogP contribution is 2.42. The van der Waals surface area contributed by atoms with E-state index in [9.17, 15) is 18.3 Å². The van der Waals surface area contributed by atoms with Crippen molar-refractivity contribution in [1.29, 1.82) is 0 Å². The van der Waals surface area contributed by atoms with E-state index in [0.29, 0.717) is 11.5 Å². The highest BCUT2D eigenvalue weighted by atomic mass is 19.4. The third-order valence-electron chi connectivity index (χ3n) is 3.76. The van der Waals surface area contributed by atoms with Crippen molar-refractivity contribution in [2.75, 3.05) is 0 Å². The zero-order chi connectivity index (χ0) is 20.2. The van der Waals surface area contributed by atoms with Crippen LogP contribution in [0.1, 0.15) is 65.8 Å². The molecule has 0 saturated heterocycles. The molecule has 1 aromatic carbocycles. The molecule has 0 aliphatic carbocycles. The Morgan fingerprint density at radius 3 is 1.92 bits per heavy atom. The van der Waals surface area contributed by atoms with E-state index in [-0.39, 0.29) is 23.3 Å². The van der Waals surface area contributed by atoms with Crippen molar-refractivity contribution in [3.8, 4) is 11.5 Å². The van der Waals surface area contributed by atoms with Gasteiger partial charge in [-0.1, -0.05) is 60.1 Å². The molecule has 0 aliphatic heterocycles. The van der Waals surface area contributed by atoms with Gasteiger partial charge in [-0.25, -0.2) is 0 Å². The van der Waals surface area contributed by atoms with Gasteiger partial charge in [0.1, 0.15) is 0 Å². The van der Waals surface area contributed by atoms with Crippen molar-refractivity contribution in [2.45, 2.75) is 71.6 Å². The van der Waals surface area contributed by atoms with Crippen LogP contribution in [0.2, 0.25) is 0 Å². The average Bonchev–Trinajstić information content (AvgIpc) is 3.06. The zero-order valence-corrected chi connectivity index (χ0v) is 16.1. The monoisotopic (exact) mass is 372 g/mol. The Kier molecular flexibility index (Phi) is 6.99. The van der Waals surface area contributed by atoms with E-state index in [1.54, 1.807) is 6.92 Å². The standard InChI is InChI=1S/C17H21F3N2O2.C2H6/c1-5-10-16(23,17(18,19)20)12-8-6-11(7-9-12)13-21-22-14(24-13)15(2,3)4;1-2/h6-9,23H,5,10H2,1-4H3;1-2H3. The molecule has 0 aliphatic rings. The highest BCUT2D eigenvalue weighted by molar-refractivity contribution is 5.53. The van der Waals surface area contributed by atoms with Crippen LogP contribution in [0.5, 0.6) is 0 Å². The fourth-order valence-corrected chi connectivity index (χ4v) is 2.34. The summed E-state index contributed by atoms with van der Waals surface area (Å²) < 4.78 is 45.3. The first kappa shape index (κ1) is 22.2. The second-order valence-corrected chi connectivity index (χ2v) is 6.85. The fourth-order valence-electron chi connectivity index (χ4n) is 2.34. The molecule has 0 spiro atoms. The Balaban J connectivity index is 0.00000163. The molecule has 1 unspecified atom stereocenters. The molecule has 0 fully saturated rings. The Morgan fingerprint density at radius 2 is 1.54 bits per heavy atom. The maximum absolute atomic E-state index is 13.2. The van der Waals surface area contributed by atoms with Gasteiger partial charge >= 0.3 is 6.18 Å². The molecular weight excluding hydrogens is 345 g/mol. The van der Waals surface area contributed by atoms with Gasteiger partial charge in [0.2, 0.25) is 11.8 Å². The number of nitrogens with zero attached hydrogens (tertiary/aromatic N) is 2. The Labute approximate surface area is 152 Å². The number of hydrogen-bond donors (Lipinski definition) is 1. The number of hydrogen-bond acceptors (Lipinski definition) is 4. The van der Waals surface area contributed by atoms with E-state index in [4.69, 9.17) is 4.42 Å². The van der Waals surface area contributed by atoms with Crippen molar-refractivity contribution in [3.05, 3.63) is 35.7 Å². The van der Waals surface area contributed by atoms with Gasteiger partial charge in [0.05, 0.1) is 0 Å². The molecule has 1 atom stereocenters. The number of benzene rings is 1. The average molecular weight is 372 g/mol. The number of rotatable bonds is 4. The van der Waals surface area contributed by atoms with Crippen LogP contribution in [-0.4, -0.2) is 21.5 Å². The van der Waals surface area contributed by atoms with Crippen LogP contribution >= 0.6 is 0 Å². The second kappa shape index (κ2) is 8.20. The first-order valence-corrected chi connectivity index (χ1v) is 8.73. The summed E-state index contributed by atoms with van der Waals surface area (Å²) >= 11 is 0. The molecule has 0 amide bonds. The van der Waals surface area contributed by atoms with Crippen LogP contribution in [0.25, 0.3) is 11.5 Å². The molecule has 2 aromatic rings. The SMILES string of the molecule is CC.CCCC(O)(c1ccc(-c2nnc(C(C)(C)C)o2)cc1)C(F)(F)F. The van der Waals surface area contributed by atoms with E-state index in [1.807, 2.05) is 34.6 Å². The van der Waals surface area contributed by atoms with Gasteiger partial charge in [0.15, 0.2) is 5.60 Å². The molecule has 4 nitrogen and oxygen atoms in total. The largest absolute Gasteiger partial charge is 0.421 e. The van der Waals surface area contributed by atoms with Crippen LogP contribution < -0.4 is 0 Å². The maximum atomic E-state index is 13.2. The van der Waals surface area contributed by atoms with Gasteiger partial charge in [-0.15, -0.1) is 10.2 Å². The summed E-state index contributed by atoms with van der Waals surface area (Å²) in [5.74, 6) is 0.678. The van der Waals surface area contributed by atoms with Crippen molar-refractivity contribution in [2.24, 2.45) is 0 Å². The van der Waals surface area contributed by atoms with Crippen molar-refractivity contribution < 1.29 is 22.7 Å². The Hall–Kier alpha value is -1.89. The van der Waals surface area contributed by atoms with E-state index < -0.39 is 18.2 Å². The van der Waals surface area contributed by atoms with Crippen LogP contribution in [0.4, 0.5) is 13.2 Å². The van der Waals surface area contributed by atoms with E-state index >= 15 is 0 Å². The molecule has 146 valence electrons. The number of aromatic nitrogens is 2. The minimum absolute atomic E-state index is 0.198. The summed E-state index contributed by atoms with van der Waals surface area (Å²) in [6.07, 6.45) is -4.94. The maximum Gasteiger partial charge on any atom is 0.421 e. The van der Waals surface area contributed by atoms with E-state index in [1.165, 1.54) is 24.3 Å². The number of halogens is 3. The zero-order valence-electron chi connectivity index (χ0n) is 16.1. The van der Waals surface area contributed by atoms with Gasteiger partial charge in [-0.3, -0.25) is 0 Å². The predicted octanol–water partition coefficient (Wildman–Crippen LogP) is 5.61. The summed E-state index contributed by atoms with van der Waals surface area (Å²) in [4.78, 5) is 0. The van der Waals surface area contributed by atoms with E-state index in [0.717, 1.165) is 0 Å². The summed E-state index contributed by atoms with van der Waals surface area (Å²) in [7, 11) is 0. The first-order chi connectivity index (χ1) is 12.0. The molecular formula is C19H27F3N2O2. The molecule has 7 heteroatoms. The highest BCUT2D eigenvalue weighted by Gasteiger charge is 2.54. The van der Waals surface area contributed by atoms with Gasteiger partial charge < -0.3 is 9.52 Å². The van der Waals surface area contributed by atoms with Gasteiger partial charge in [0.25, 0.3) is 0 Å². The summed E-state index contributed by atoms with van der Waals surface area (Å²) in [6, 6.07) is 5.39. The van der Waals surface area contributed by atoms with Gasteiger partial charge in [-0.2, -0.15) is 13.2 Å². The lowest BCUT2D eigenvalue weighted by molar-refractivity contribution is -0.269. The third kappa shape index (κ3) is 4.63. The van der Waals surface area contributed by atoms with Gasteiger partial charge in [-0.05, 0) is 24.1 Å². The van der Waals surface area contributed by atoms with Crippen LogP contribution in [-0.2, 0) is 11.0 Å². The molecule has 0 bridgehead atoms. The quantitative estimate of drug-likeness (QED) is 0.758.